The summed E-state index contributed by atoms with van der Waals surface area (Å²) in [6, 6.07) is 7.41. The number of aliphatic imine (C=N–C) groups is 1. The van der Waals surface area contributed by atoms with Crippen LogP contribution in [-0.4, -0.2) is 11.7 Å². The molecule has 1 aliphatic rings. The highest BCUT2D eigenvalue weighted by Gasteiger charge is 2.25. The lowest BCUT2D eigenvalue weighted by Gasteiger charge is -2.24. The second-order valence-electron chi connectivity index (χ2n) is 4.19. The molecule has 0 bridgehead atoms. The van der Waals surface area contributed by atoms with Crippen LogP contribution >= 0.6 is 15.9 Å². The average Bonchev–Trinajstić information content (AvgIpc) is 2.28. The number of allylic oxidation sites excluding steroid dienone is 1. The molecule has 94 valence electrons. The second-order valence-corrected chi connectivity index (χ2v) is 5.10. The lowest BCUT2D eigenvalue weighted by Crippen LogP contribution is -2.36. The highest BCUT2D eigenvalue weighted by molar-refractivity contribution is 9.10. The van der Waals surface area contributed by atoms with Crippen LogP contribution in [0.15, 0.2) is 45.0 Å². The number of halogens is 1. The summed E-state index contributed by atoms with van der Waals surface area (Å²) in [7, 11) is 0. The minimum Gasteiger partial charge on any atom is -0.370 e. The Balaban J connectivity index is 2.48. The summed E-state index contributed by atoms with van der Waals surface area (Å²) in [5.41, 5.74) is 8.11. The molecule has 1 aromatic carbocycles. The zero-order valence-corrected chi connectivity index (χ0v) is 11.8. The van der Waals surface area contributed by atoms with Crippen LogP contribution < -0.4 is 11.1 Å². The Hall–Kier alpha value is -1.62. The van der Waals surface area contributed by atoms with Crippen LogP contribution in [0.25, 0.3) is 0 Å². The van der Waals surface area contributed by atoms with E-state index in [0.29, 0.717) is 11.5 Å². The van der Waals surface area contributed by atoms with Crippen molar-refractivity contribution in [2.45, 2.75) is 19.9 Å². The van der Waals surface area contributed by atoms with Gasteiger partial charge < -0.3 is 11.1 Å². The number of ketones is 1. The van der Waals surface area contributed by atoms with Crippen molar-refractivity contribution >= 4 is 27.7 Å². The first kappa shape index (κ1) is 12.8. The van der Waals surface area contributed by atoms with Gasteiger partial charge in [0.25, 0.3) is 0 Å². The van der Waals surface area contributed by atoms with Gasteiger partial charge in [0.15, 0.2) is 11.7 Å². The topological polar surface area (TPSA) is 67.5 Å². The number of rotatable bonds is 2. The Morgan fingerprint density at radius 1 is 1.39 bits per heavy atom. The van der Waals surface area contributed by atoms with E-state index in [0.717, 1.165) is 15.7 Å². The van der Waals surface area contributed by atoms with Gasteiger partial charge in [-0.2, -0.15) is 0 Å². The molecule has 5 heteroatoms. The summed E-state index contributed by atoms with van der Waals surface area (Å²) >= 11 is 3.39. The van der Waals surface area contributed by atoms with Gasteiger partial charge in [0, 0.05) is 15.7 Å². The summed E-state index contributed by atoms with van der Waals surface area (Å²) < 4.78 is 0.988. The quantitative estimate of drug-likeness (QED) is 0.881. The molecule has 4 nitrogen and oxygen atoms in total. The van der Waals surface area contributed by atoms with Crippen LogP contribution in [0.5, 0.6) is 0 Å². The summed E-state index contributed by atoms with van der Waals surface area (Å²) in [5, 5.41) is 2.90. The molecule has 1 heterocycles. The molecule has 0 aromatic heterocycles. The van der Waals surface area contributed by atoms with E-state index >= 15 is 0 Å². The number of Topliss-reactive ketones (excluding diaryl/α,β-unsaturated/α-hetero) is 1. The standard InChI is InChI=1S/C13H14BrN3O/c1-7-11(8(2)18)12(17-13(15)16-7)9-3-5-10(14)6-4-9/h3-6,12H,1-2H3,(H3,15,16,17)/t12-/m1/s1. The van der Waals surface area contributed by atoms with Crippen LogP contribution in [-0.2, 0) is 4.79 Å². The lowest BCUT2D eigenvalue weighted by atomic mass is 9.94. The number of nitrogens with one attached hydrogen (secondary N) is 1. The third-order valence-corrected chi connectivity index (χ3v) is 3.35. The number of nitrogens with zero attached hydrogens (tertiary/aromatic N) is 1. The molecule has 0 spiro atoms. The number of hydrogen-bond donors (Lipinski definition) is 2. The fraction of sp³-hybridized carbons (Fsp3) is 0.231. The Labute approximate surface area is 114 Å². The van der Waals surface area contributed by atoms with Gasteiger partial charge in [-0.15, -0.1) is 0 Å². The number of carbonyl (C=O) groups excluding carboxylic acids is 1. The molecule has 0 fully saturated rings. The Kier molecular flexibility index (Phi) is 3.52. The first-order valence-corrected chi connectivity index (χ1v) is 6.36. The molecule has 1 atom stereocenters. The third kappa shape index (κ3) is 2.46. The van der Waals surface area contributed by atoms with Crippen molar-refractivity contribution < 1.29 is 4.79 Å². The van der Waals surface area contributed by atoms with Gasteiger partial charge >= 0.3 is 0 Å². The van der Waals surface area contributed by atoms with Crippen LogP contribution in [0.3, 0.4) is 0 Å². The largest absolute Gasteiger partial charge is 0.370 e. The van der Waals surface area contributed by atoms with Gasteiger partial charge in [-0.3, -0.25) is 4.79 Å². The van der Waals surface area contributed by atoms with Gasteiger partial charge in [-0.05, 0) is 31.5 Å². The van der Waals surface area contributed by atoms with E-state index in [9.17, 15) is 4.79 Å². The first-order valence-electron chi connectivity index (χ1n) is 5.56. The predicted molar refractivity (Wildman–Crippen MR) is 75.0 cm³/mol. The molecular weight excluding hydrogens is 294 g/mol. The van der Waals surface area contributed by atoms with Crippen LogP contribution in [0.2, 0.25) is 0 Å². The number of benzene rings is 1. The highest BCUT2D eigenvalue weighted by Crippen LogP contribution is 2.31. The van der Waals surface area contributed by atoms with Gasteiger partial charge in [-0.1, -0.05) is 28.1 Å². The minimum atomic E-state index is -0.322. The maximum atomic E-state index is 11.7. The van der Waals surface area contributed by atoms with Crippen molar-refractivity contribution in [3.05, 3.63) is 45.6 Å². The minimum absolute atomic E-state index is 0.00386. The summed E-state index contributed by atoms with van der Waals surface area (Å²) in [5.74, 6) is 0.342. The van der Waals surface area contributed by atoms with Gasteiger partial charge in [0.2, 0.25) is 0 Å². The number of carbonyl (C=O) groups is 1. The first-order chi connectivity index (χ1) is 8.49. The number of hydrogen-bond acceptors (Lipinski definition) is 4. The molecular formula is C13H14BrN3O. The molecule has 0 saturated carbocycles. The molecule has 18 heavy (non-hydrogen) atoms. The third-order valence-electron chi connectivity index (χ3n) is 2.83. The fourth-order valence-electron chi connectivity index (χ4n) is 2.04. The Morgan fingerprint density at radius 3 is 2.56 bits per heavy atom. The molecule has 1 aromatic rings. The van der Waals surface area contributed by atoms with Crippen molar-refractivity contribution in [3.8, 4) is 0 Å². The molecule has 0 unspecified atom stereocenters. The molecule has 2 rings (SSSR count). The van der Waals surface area contributed by atoms with Crippen LogP contribution in [0.1, 0.15) is 25.5 Å². The van der Waals surface area contributed by atoms with Gasteiger partial charge in [0.05, 0.1) is 0 Å². The zero-order valence-electron chi connectivity index (χ0n) is 10.2. The summed E-state index contributed by atoms with van der Waals surface area (Å²) in [4.78, 5) is 16.1. The van der Waals surface area contributed by atoms with Crippen molar-refractivity contribution in [1.82, 2.24) is 5.32 Å². The maximum Gasteiger partial charge on any atom is 0.193 e. The Bertz CT molecular complexity index is 546. The van der Waals surface area contributed by atoms with E-state index < -0.39 is 0 Å². The van der Waals surface area contributed by atoms with E-state index in [2.05, 4.69) is 26.2 Å². The average molecular weight is 308 g/mol. The second kappa shape index (κ2) is 4.94. The predicted octanol–water partition coefficient (Wildman–Crippen LogP) is 2.27. The van der Waals surface area contributed by atoms with Gasteiger partial charge in [0.1, 0.15) is 6.04 Å². The molecule has 0 amide bonds. The van der Waals surface area contributed by atoms with Crippen molar-refractivity contribution in [2.24, 2.45) is 10.7 Å². The SMILES string of the molecule is CC(=O)C1=C(C)NC(N)=N[C@@H]1c1ccc(Br)cc1. The van der Waals surface area contributed by atoms with Crippen molar-refractivity contribution in [1.29, 1.82) is 0 Å². The van der Waals surface area contributed by atoms with Crippen LogP contribution in [0.4, 0.5) is 0 Å². The van der Waals surface area contributed by atoms with E-state index in [-0.39, 0.29) is 11.8 Å². The summed E-state index contributed by atoms with van der Waals surface area (Å²) in [6.07, 6.45) is 0. The summed E-state index contributed by atoms with van der Waals surface area (Å²) in [6.45, 7) is 3.38. The van der Waals surface area contributed by atoms with Crippen molar-refractivity contribution in [3.63, 3.8) is 0 Å². The number of nitrogens with two attached hydrogens (primary N) is 1. The van der Waals surface area contributed by atoms with Gasteiger partial charge in [-0.25, -0.2) is 4.99 Å². The molecule has 0 aliphatic carbocycles. The molecule has 0 saturated heterocycles. The lowest BCUT2D eigenvalue weighted by molar-refractivity contribution is -0.113. The Morgan fingerprint density at radius 2 is 2.00 bits per heavy atom. The van der Waals surface area contributed by atoms with E-state index in [1.807, 2.05) is 31.2 Å². The molecule has 0 radical (unpaired) electrons. The fourth-order valence-corrected chi connectivity index (χ4v) is 2.31. The van der Waals surface area contributed by atoms with E-state index in [4.69, 9.17) is 5.73 Å². The molecule has 3 N–H and O–H groups in total. The monoisotopic (exact) mass is 307 g/mol. The van der Waals surface area contributed by atoms with E-state index in [1.54, 1.807) is 6.92 Å². The van der Waals surface area contributed by atoms with E-state index in [1.165, 1.54) is 0 Å². The smallest absolute Gasteiger partial charge is 0.193 e. The molecule has 1 aliphatic heterocycles. The maximum absolute atomic E-state index is 11.7. The zero-order chi connectivity index (χ0) is 13.3. The number of guanidine groups is 1. The van der Waals surface area contributed by atoms with Crippen LogP contribution in [0, 0.1) is 0 Å². The highest BCUT2D eigenvalue weighted by atomic mass is 79.9. The van der Waals surface area contributed by atoms with Crippen molar-refractivity contribution in [2.75, 3.05) is 0 Å². The normalized spacial score (nSPS) is 19.3.